The summed E-state index contributed by atoms with van der Waals surface area (Å²) in [5, 5.41) is 0. The third-order valence-electron chi connectivity index (χ3n) is 4.32. The number of ketones is 1. The van der Waals surface area contributed by atoms with E-state index in [0.717, 1.165) is 25.9 Å². The number of Topliss-reactive ketones (excluding diaryl/α,β-unsaturated/α-hetero) is 1. The molecule has 0 spiro atoms. The minimum atomic E-state index is -0.481. The van der Waals surface area contributed by atoms with Crippen LogP contribution in [0.2, 0.25) is 0 Å². The molecule has 1 aliphatic rings. The van der Waals surface area contributed by atoms with Crippen molar-refractivity contribution in [3.63, 3.8) is 0 Å². The fourth-order valence-corrected chi connectivity index (χ4v) is 3.13. The summed E-state index contributed by atoms with van der Waals surface area (Å²) < 4.78 is 27.0. The average molecular weight is 352 g/mol. The highest BCUT2D eigenvalue weighted by atomic mass is 35.5. The zero-order valence-corrected chi connectivity index (χ0v) is 14.1. The largest absolute Gasteiger partial charge is 0.302 e. The number of hydrogen-bond acceptors (Lipinski definition) is 2. The summed E-state index contributed by atoms with van der Waals surface area (Å²) >= 11 is 0. The fourth-order valence-electron chi connectivity index (χ4n) is 3.13. The molecule has 1 saturated heterocycles. The topological polar surface area (TPSA) is 20.3 Å². The molecular formula is C19H20ClF2NO. The lowest BCUT2D eigenvalue weighted by Crippen LogP contribution is -2.30. The van der Waals surface area contributed by atoms with E-state index in [2.05, 4.69) is 4.90 Å². The van der Waals surface area contributed by atoms with Crippen LogP contribution in [0.3, 0.4) is 0 Å². The Kier molecular flexibility index (Phi) is 6.46. The number of rotatable bonds is 5. The number of nitrogens with zero attached hydrogens (tertiary/aromatic N) is 1. The standard InChI is InChI=1S/C19H19F2NO.ClH/c20-16-7-3-5-14(11-16)18(13-22-9-1-2-10-22)19(23)15-6-4-8-17(21)12-15;/h3-8,11-12,18H,1-2,9-10,13H2;1H. The minimum absolute atomic E-state index is 0. The molecule has 1 atom stereocenters. The van der Waals surface area contributed by atoms with Gasteiger partial charge in [0.1, 0.15) is 11.6 Å². The smallest absolute Gasteiger partial charge is 0.171 e. The number of likely N-dealkylation sites (tertiary alicyclic amines) is 1. The van der Waals surface area contributed by atoms with E-state index in [1.165, 1.54) is 30.3 Å². The molecule has 0 aromatic heterocycles. The van der Waals surface area contributed by atoms with Crippen LogP contribution in [0.4, 0.5) is 8.78 Å². The van der Waals surface area contributed by atoms with Gasteiger partial charge >= 0.3 is 0 Å². The Morgan fingerprint density at radius 2 is 1.62 bits per heavy atom. The third-order valence-corrected chi connectivity index (χ3v) is 4.32. The van der Waals surface area contributed by atoms with E-state index < -0.39 is 11.7 Å². The Morgan fingerprint density at radius 1 is 1.00 bits per heavy atom. The summed E-state index contributed by atoms with van der Waals surface area (Å²) in [6.45, 7) is 2.43. The van der Waals surface area contributed by atoms with E-state index in [-0.39, 0.29) is 24.0 Å². The molecule has 1 fully saturated rings. The van der Waals surface area contributed by atoms with Crippen molar-refractivity contribution in [3.05, 3.63) is 71.3 Å². The van der Waals surface area contributed by atoms with Gasteiger partial charge in [-0.1, -0.05) is 24.3 Å². The highest BCUT2D eigenvalue weighted by Gasteiger charge is 2.26. The zero-order chi connectivity index (χ0) is 16.2. The molecule has 1 aliphatic heterocycles. The van der Waals surface area contributed by atoms with Gasteiger partial charge in [-0.05, 0) is 55.8 Å². The van der Waals surface area contributed by atoms with Crippen molar-refractivity contribution in [2.75, 3.05) is 19.6 Å². The molecule has 2 aromatic carbocycles. The van der Waals surface area contributed by atoms with Gasteiger partial charge in [0, 0.05) is 12.1 Å². The molecule has 0 saturated carbocycles. The van der Waals surface area contributed by atoms with Crippen LogP contribution in [0.25, 0.3) is 0 Å². The summed E-state index contributed by atoms with van der Waals surface area (Å²) in [6, 6.07) is 11.8. The van der Waals surface area contributed by atoms with E-state index in [1.807, 2.05) is 0 Å². The van der Waals surface area contributed by atoms with Gasteiger partial charge in [-0.15, -0.1) is 12.4 Å². The van der Waals surface area contributed by atoms with Crippen molar-refractivity contribution in [2.45, 2.75) is 18.8 Å². The Bertz CT molecular complexity index is 701. The quantitative estimate of drug-likeness (QED) is 0.742. The molecule has 24 heavy (non-hydrogen) atoms. The van der Waals surface area contributed by atoms with Gasteiger partial charge < -0.3 is 4.90 Å². The molecule has 1 unspecified atom stereocenters. The van der Waals surface area contributed by atoms with Crippen molar-refractivity contribution >= 4 is 18.2 Å². The van der Waals surface area contributed by atoms with Crippen molar-refractivity contribution in [3.8, 4) is 0 Å². The van der Waals surface area contributed by atoms with Gasteiger partial charge in [0.05, 0.1) is 5.92 Å². The molecule has 3 rings (SSSR count). The molecular weight excluding hydrogens is 332 g/mol. The number of carbonyl (C=O) groups excluding carboxylic acids is 1. The van der Waals surface area contributed by atoms with E-state index in [0.29, 0.717) is 17.7 Å². The maximum Gasteiger partial charge on any atom is 0.171 e. The minimum Gasteiger partial charge on any atom is -0.302 e. The number of benzene rings is 2. The molecule has 2 nitrogen and oxygen atoms in total. The lowest BCUT2D eigenvalue weighted by Gasteiger charge is -2.23. The SMILES string of the molecule is Cl.O=C(c1cccc(F)c1)C(CN1CCCC1)c1cccc(F)c1. The lowest BCUT2D eigenvalue weighted by atomic mass is 9.90. The van der Waals surface area contributed by atoms with Gasteiger partial charge in [-0.3, -0.25) is 4.79 Å². The molecule has 2 aromatic rings. The second-order valence-corrected chi connectivity index (χ2v) is 5.99. The molecule has 0 amide bonds. The number of hydrogen-bond donors (Lipinski definition) is 0. The summed E-state index contributed by atoms with van der Waals surface area (Å²) in [5.41, 5.74) is 0.976. The molecule has 128 valence electrons. The highest BCUT2D eigenvalue weighted by molar-refractivity contribution is 6.01. The van der Waals surface area contributed by atoms with Gasteiger partial charge in [0.15, 0.2) is 5.78 Å². The summed E-state index contributed by atoms with van der Waals surface area (Å²) in [7, 11) is 0. The van der Waals surface area contributed by atoms with Crippen LogP contribution < -0.4 is 0 Å². The monoisotopic (exact) mass is 351 g/mol. The van der Waals surface area contributed by atoms with Crippen molar-refractivity contribution in [1.29, 1.82) is 0 Å². The Labute approximate surface area is 146 Å². The first-order valence-corrected chi connectivity index (χ1v) is 7.91. The summed E-state index contributed by atoms with van der Waals surface area (Å²) in [5.74, 6) is -1.44. The van der Waals surface area contributed by atoms with Crippen molar-refractivity contribution in [2.24, 2.45) is 0 Å². The highest BCUT2D eigenvalue weighted by Crippen LogP contribution is 2.25. The van der Waals surface area contributed by atoms with E-state index in [4.69, 9.17) is 0 Å². The molecule has 0 radical (unpaired) electrons. The Morgan fingerprint density at radius 3 is 2.25 bits per heavy atom. The second kappa shape index (κ2) is 8.36. The first-order valence-electron chi connectivity index (χ1n) is 7.91. The maximum absolute atomic E-state index is 13.6. The second-order valence-electron chi connectivity index (χ2n) is 5.99. The first kappa shape index (κ1) is 18.6. The third kappa shape index (κ3) is 4.40. The van der Waals surface area contributed by atoms with Gasteiger partial charge in [-0.2, -0.15) is 0 Å². The van der Waals surface area contributed by atoms with E-state index in [1.54, 1.807) is 18.2 Å². The van der Waals surface area contributed by atoms with Crippen LogP contribution >= 0.6 is 12.4 Å². The van der Waals surface area contributed by atoms with Gasteiger partial charge in [0.25, 0.3) is 0 Å². The Balaban J connectivity index is 0.00000208. The van der Waals surface area contributed by atoms with Crippen LogP contribution in [0.5, 0.6) is 0 Å². The lowest BCUT2D eigenvalue weighted by molar-refractivity contribution is 0.0939. The fraction of sp³-hybridized carbons (Fsp3) is 0.316. The van der Waals surface area contributed by atoms with Crippen LogP contribution in [0.1, 0.15) is 34.7 Å². The van der Waals surface area contributed by atoms with Crippen LogP contribution in [-0.4, -0.2) is 30.3 Å². The van der Waals surface area contributed by atoms with Gasteiger partial charge in [0.2, 0.25) is 0 Å². The molecule has 1 heterocycles. The molecule has 0 aliphatic carbocycles. The maximum atomic E-state index is 13.6. The van der Waals surface area contributed by atoms with E-state index in [9.17, 15) is 13.6 Å². The number of halogens is 3. The van der Waals surface area contributed by atoms with E-state index >= 15 is 0 Å². The predicted molar refractivity (Wildman–Crippen MR) is 92.8 cm³/mol. The number of carbonyl (C=O) groups is 1. The van der Waals surface area contributed by atoms with Gasteiger partial charge in [-0.25, -0.2) is 8.78 Å². The molecule has 5 heteroatoms. The van der Waals surface area contributed by atoms with Crippen LogP contribution in [0.15, 0.2) is 48.5 Å². The summed E-state index contributed by atoms with van der Waals surface area (Å²) in [6.07, 6.45) is 2.23. The normalized spacial score (nSPS) is 15.8. The van der Waals surface area contributed by atoms with Crippen LogP contribution in [0, 0.1) is 11.6 Å². The van der Waals surface area contributed by atoms with Crippen molar-refractivity contribution < 1.29 is 13.6 Å². The van der Waals surface area contributed by atoms with Crippen LogP contribution in [-0.2, 0) is 0 Å². The summed E-state index contributed by atoms with van der Waals surface area (Å²) in [4.78, 5) is 15.1. The Hall–Kier alpha value is -1.78. The molecule has 0 bridgehead atoms. The average Bonchev–Trinajstić information content (AvgIpc) is 3.05. The zero-order valence-electron chi connectivity index (χ0n) is 13.3. The van der Waals surface area contributed by atoms with Crippen molar-refractivity contribution in [1.82, 2.24) is 4.90 Å². The molecule has 0 N–H and O–H groups in total. The first-order chi connectivity index (χ1) is 11.1. The predicted octanol–water partition coefficient (Wildman–Crippen LogP) is 4.45.